The number of nitrogens with zero attached hydrogens (tertiary/aromatic N) is 4. The molecular formula is C18H20ClN5S. The van der Waals surface area contributed by atoms with Crippen LogP contribution in [-0.4, -0.2) is 43.1 Å². The van der Waals surface area contributed by atoms with E-state index in [1.165, 1.54) is 11.3 Å². The van der Waals surface area contributed by atoms with Crippen molar-refractivity contribution >= 4 is 39.9 Å². The van der Waals surface area contributed by atoms with Crippen molar-refractivity contribution in [2.75, 3.05) is 43.4 Å². The first-order chi connectivity index (χ1) is 12.1. The number of allylic oxidation sites excluding steroid dienone is 1. The van der Waals surface area contributed by atoms with E-state index in [-0.39, 0.29) is 0 Å². The van der Waals surface area contributed by atoms with Gasteiger partial charge in [-0.1, -0.05) is 11.6 Å². The largest absolute Gasteiger partial charge is 0.367 e. The third-order valence-corrected chi connectivity index (χ3v) is 5.37. The first-order valence-electron chi connectivity index (χ1n) is 8.09. The predicted octanol–water partition coefficient (Wildman–Crippen LogP) is 3.83. The van der Waals surface area contributed by atoms with E-state index in [0.717, 1.165) is 48.3 Å². The van der Waals surface area contributed by atoms with E-state index in [0.29, 0.717) is 10.6 Å². The van der Waals surface area contributed by atoms with E-state index < -0.39 is 0 Å². The lowest BCUT2D eigenvalue weighted by Gasteiger charge is -2.35. The predicted molar refractivity (Wildman–Crippen MR) is 105 cm³/mol. The average Bonchev–Trinajstić information content (AvgIpc) is 3.03. The molecule has 0 spiro atoms. The lowest BCUT2D eigenvalue weighted by atomic mass is 10.2. The van der Waals surface area contributed by atoms with Crippen LogP contribution in [-0.2, 0) is 0 Å². The second kappa shape index (κ2) is 7.87. The molecule has 1 N–H and O–H groups in total. The van der Waals surface area contributed by atoms with Crippen molar-refractivity contribution < 1.29 is 0 Å². The Morgan fingerprint density at radius 2 is 2.12 bits per heavy atom. The second-order valence-corrected chi connectivity index (χ2v) is 7.35. The number of piperazine rings is 1. The van der Waals surface area contributed by atoms with E-state index in [2.05, 4.69) is 33.2 Å². The first-order valence-corrected chi connectivity index (χ1v) is 9.35. The third-order valence-electron chi connectivity index (χ3n) is 4.14. The minimum absolute atomic E-state index is 0.516. The maximum absolute atomic E-state index is 9.43. The number of nitrogens with one attached hydrogen (secondary N) is 1. The van der Waals surface area contributed by atoms with Crippen LogP contribution in [0.2, 0.25) is 5.02 Å². The van der Waals surface area contributed by atoms with Gasteiger partial charge in [-0.2, -0.15) is 5.26 Å². The SMILES string of the molecule is Cc1csc(/C(C#N)=C/Nc2cc(Cl)ccc2N2CCN(C)CC2)n1. The van der Waals surface area contributed by atoms with Crippen LogP contribution in [0.25, 0.3) is 5.57 Å². The molecule has 1 fully saturated rings. The fraction of sp³-hybridized carbons (Fsp3) is 0.333. The summed E-state index contributed by atoms with van der Waals surface area (Å²) >= 11 is 7.65. The van der Waals surface area contributed by atoms with E-state index >= 15 is 0 Å². The van der Waals surface area contributed by atoms with Gasteiger partial charge < -0.3 is 15.1 Å². The maximum atomic E-state index is 9.43. The lowest BCUT2D eigenvalue weighted by Crippen LogP contribution is -2.44. The number of anilines is 2. The van der Waals surface area contributed by atoms with Gasteiger partial charge in [0, 0.05) is 48.5 Å². The van der Waals surface area contributed by atoms with Crippen LogP contribution in [0.4, 0.5) is 11.4 Å². The molecule has 25 heavy (non-hydrogen) atoms. The molecule has 0 aliphatic carbocycles. The monoisotopic (exact) mass is 373 g/mol. The zero-order valence-electron chi connectivity index (χ0n) is 14.3. The second-order valence-electron chi connectivity index (χ2n) is 6.06. The maximum Gasteiger partial charge on any atom is 0.135 e. The molecule has 1 aliphatic heterocycles. The minimum Gasteiger partial charge on any atom is -0.367 e. The molecular weight excluding hydrogens is 354 g/mol. The molecule has 3 rings (SSSR count). The van der Waals surface area contributed by atoms with Crippen LogP contribution in [0.15, 0.2) is 29.8 Å². The molecule has 5 nitrogen and oxygen atoms in total. The van der Waals surface area contributed by atoms with Crippen molar-refractivity contribution in [1.82, 2.24) is 9.88 Å². The Labute approximate surface area is 157 Å². The Balaban J connectivity index is 1.85. The third kappa shape index (κ3) is 4.31. The number of nitriles is 1. The highest BCUT2D eigenvalue weighted by Crippen LogP contribution is 2.30. The zero-order chi connectivity index (χ0) is 17.8. The van der Waals surface area contributed by atoms with Crippen LogP contribution in [0.3, 0.4) is 0 Å². The molecule has 2 heterocycles. The molecule has 0 saturated carbocycles. The Bertz CT molecular complexity index is 815. The molecule has 1 aromatic heterocycles. The molecule has 7 heteroatoms. The number of hydrogen-bond acceptors (Lipinski definition) is 6. The molecule has 1 aromatic carbocycles. The van der Waals surface area contributed by atoms with Crippen LogP contribution in [0, 0.1) is 18.3 Å². The van der Waals surface area contributed by atoms with Crippen LogP contribution >= 0.6 is 22.9 Å². The number of thiazole rings is 1. The number of benzene rings is 1. The summed E-state index contributed by atoms with van der Waals surface area (Å²) in [4.78, 5) is 9.03. The van der Waals surface area contributed by atoms with Crippen molar-refractivity contribution in [2.45, 2.75) is 6.92 Å². The standard InChI is InChI=1S/C18H20ClN5S/c1-13-12-25-18(22-13)14(10-20)11-21-16-9-15(19)3-4-17(16)24-7-5-23(2)6-8-24/h3-4,9,11-12,21H,5-8H2,1-2H3/b14-11+. The van der Waals surface area contributed by atoms with E-state index in [4.69, 9.17) is 11.6 Å². The highest BCUT2D eigenvalue weighted by molar-refractivity contribution is 7.10. The average molecular weight is 374 g/mol. The van der Waals surface area contributed by atoms with E-state index in [1.54, 1.807) is 6.20 Å². The Morgan fingerprint density at radius 1 is 1.36 bits per heavy atom. The van der Waals surface area contributed by atoms with Crippen LogP contribution in [0.1, 0.15) is 10.7 Å². The molecule has 0 amide bonds. The summed E-state index contributed by atoms with van der Waals surface area (Å²) in [5.41, 5.74) is 3.43. The Hall–Kier alpha value is -2.07. The number of likely N-dealkylation sites (N-methyl/N-ethyl adjacent to an activating group) is 1. The van der Waals surface area contributed by atoms with Gasteiger partial charge in [-0.3, -0.25) is 0 Å². The first kappa shape index (κ1) is 17.7. The van der Waals surface area contributed by atoms with Gasteiger partial charge in [0.05, 0.1) is 11.4 Å². The summed E-state index contributed by atoms with van der Waals surface area (Å²) in [7, 11) is 2.14. The molecule has 1 saturated heterocycles. The van der Waals surface area contributed by atoms with Gasteiger partial charge in [0.2, 0.25) is 0 Å². The normalized spacial score (nSPS) is 15.9. The molecule has 0 atom stereocenters. The fourth-order valence-corrected chi connectivity index (χ4v) is 3.65. The molecule has 1 aliphatic rings. The summed E-state index contributed by atoms with van der Waals surface area (Å²) in [6.07, 6.45) is 1.71. The van der Waals surface area contributed by atoms with Crippen molar-refractivity contribution in [1.29, 1.82) is 5.26 Å². The van der Waals surface area contributed by atoms with Crippen LogP contribution in [0.5, 0.6) is 0 Å². The molecule has 0 bridgehead atoms. The number of aryl methyl sites for hydroxylation is 1. The highest BCUT2D eigenvalue weighted by Gasteiger charge is 2.17. The number of rotatable bonds is 4. The van der Waals surface area contributed by atoms with Gasteiger partial charge in [-0.25, -0.2) is 4.98 Å². The van der Waals surface area contributed by atoms with Crippen molar-refractivity contribution in [3.63, 3.8) is 0 Å². The summed E-state index contributed by atoms with van der Waals surface area (Å²) in [5, 5.41) is 16.0. The molecule has 130 valence electrons. The quantitative estimate of drug-likeness (QED) is 0.825. The summed E-state index contributed by atoms with van der Waals surface area (Å²) < 4.78 is 0. The van der Waals surface area contributed by atoms with Crippen molar-refractivity contribution in [3.8, 4) is 6.07 Å². The van der Waals surface area contributed by atoms with Crippen molar-refractivity contribution in [2.24, 2.45) is 0 Å². The van der Waals surface area contributed by atoms with Crippen molar-refractivity contribution in [3.05, 3.63) is 45.5 Å². The number of halogens is 1. The fourth-order valence-electron chi connectivity index (χ4n) is 2.72. The number of hydrogen-bond donors (Lipinski definition) is 1. The lowest BCUT2D eigenvalue weighted by molar-refractivity contribution is 0.313. The zero-order valence-corrected chi connectivity index (χ0v) is 15.9. The van der Waals surface area contributed by atoms with Gasteiger partial charge in [-0.15, -0.1) is 11.3 Å². The Morgan fingerprint density at radius 3 is 2.76 bits per heavy atom. The molecule has 0 radical (unpaired) electrons. The Kier molecular flexibility index (Phi) is 5.59. The van der Waals surface area contributed by atoms with Gasteiger partial charge >= 0.3 is 0 Å². The summed E-state index contributed by atoms with van der Waals surface area (Å²) in [5.74, 6) is 0. The summed E-state index contributed by atoms with van der Waals surface area (Å²) in [6, 6.07) is 8.04. The molecule has 0 unspecified atom stereocenters. The molecule has 2 aromatic rings. The van der Waals surface area contributed by atoms with Gasteiger partial charge in [-0.05, 0) is 32.2 Å². The van der Waals surface area contributed by atoms with Gasteiger partial charge in [0.1, 0.15) is 16.6 Å². The van der Waals surface area contributed by atoms with E-state index in [9.17, 15) is 5.26 Å². The minimum atomic E-state index is 0.516. The topological polar surface area (TPSA) is 55.2 Å². The smallest absolute Gasteiger partial charge is 0.135 e. The van der Waals surface area contributed by atoms with Gasteiger partial charge in [0.25, 0.3) is 0 Å². The number of aromatic nitrogens is 1. The highest BCUT2D eigenvalue weighted by atomic mass is 35.5. The van der Waals surface area contributed by atoms with Gasteiger partial charge in [0.15, 0.2) is 0 Å². The van der Waals surface area contributed by atoms with E-state index in [1.807, 2.05) is 30.5 Å². The summed E-state index contributed by atoms with van der Waals surface area (Å²) in [6.45, 7) is 5.91. The van der Waals surface area contributed by atoms with Crippen LogP contribution < -0.4 is 10.2 Å².